The van der Waals surface area contributed by atoms with Crippen LogP contribution in [0.5, 0.6) is 0 Å². The summed E-state index contributed by atoms with van der Waals surface area (Å²) in [5, 5.41) is 11.7. The molecular weight excluding hydrogens is 573 g/mol. The van der Waals surface area contributed by atoms with Gasteiger partial charge in [-0.25, -0.2) is 4.67 Å². The molecule has 1 amide bonds. The van der Waals surface area contributed by atoms with Gasteiger partial charge in [0.15, 0.2) is 0 Å². The molecule has 0 aliphatic rings. The largest absolute Gasteiger partial charge is 0.377 e. The molecule has 0 aromatic heterocycles. The molecule has 0 spiro atoms. The fourth-order valence-corrected chi connectivity index (χ4v) is 5.68. The van der Waals surface area contributed by atoms with Crippen molar-refractivity contribution in [3.05, 3.63) is 48.6 Å². The highest BCUT2D eigenvalue weighted by Crippen LogP contribution is 2.45. The molecule has 44 heavy (non-hydrogen) atoms. The van der Waals surface area contributed by atoms with Crippen LogP contribution < -0.4 is 5.32 Å². The first-order chi connectivity index (χ1) is 21.4. The molecule has 0 rings (SSSR count). The van der Waals surface area contributed by atoms with E-state index < -0.39 is 8.53 Å². The smallest absolute Gasteiger partial charge is 0.259 e. The van der Waals surface area contributed by atoms with Gasteiger partial charge in [0.2, 0.25) is 5.91 Å². The molecule has 0 saturated heterocycles. The fraction of sp³-hybridized carbons (Fsp3) is 0.714. The van der Waals surface area contributed by atoms with Crippen LogP contribution in [0.25, 0.3) is 0 Å². The molecule has 0 saturated carbocycles. The number of hydrogen-bond acceptors (Lipinski definition) is 7. The number of hydrogen-bond donors (Lipinski definition) is 1. The fourth-order valence-electron chi connectivity index (χ4n) is 4.10. The van der Waals surface area contributed by atoms with Crippen molar-refractivity contribution in [1.29, 1.82) is 5.26 Å². The zero-order valence-corrected chi connectivity index (χ0v) is 29.3. The van der Waals surface area contributed by atoms with E-state index >= 15 is 0 Å². The monoisotopic (exact) mass is 635 g/mol. The first-order valence-corrected chi connectivity index (χ1v) is 17.8. The summed E-state index contributed by atoms with van der Waals surface area (Å²) in [4.78, 5) is 12.0. The molecule has 1 atom stereocenters. The molecule has 0 aromatic rings. The maximum Gasteiger partial charge on any atom is 0.259 e. The third-order valence-corrected chi connectivity index (χ3v) is 8.37. The van der Waals surface area contributed by atoms with Gasteiger partial charge in [-0.2, -0.15) is 5.26 Å². The second kappa shape index (κ2) is 32.5. The molecule has 0 bridgehead atoms. The average molecular weight is 636 g/mol. The summed E-state index contributed by atoms with van der Waals surface area (Å²) in [6.07, 6.45) is 28.3. The van der Waals surface area contributed by atoms with Crippen molar-refractivity contribution in [3.63, 3.8) is 0 Å². The SMILES string of the molecule is CCCCC/C=C\C/C=C\C/C=C\C/C=C\CCCC(=O)NCCOCCOCCOP(OCCC#N)N(C(C)C)C(C)C. The number of ether oxygens (including phenoxy) is 2. The van der Waals surface area contributed by atoms with E-state index in [9.17, 15) is 4.79 Å². The lowest BCUT2D eigenvalue weighted by atomic mass is 10.2. The molecule has 0 aliphatic carbocycles. The summed E-state index contributed by atoms with van der Waals surface area (Å²) in [6.45, 7) is 13.7. The standard InChI is InChI=1S/C35H62N3O5P/c1-6-7-8-9-10-11-12-13-14-15-16-17-18-19-20-21-22-24-35(39)37-26-28-40-29-30-41-31-32-43-44(42-27-23-25-36)38(33(2)3)34(4)5/h10-11,13-14,16-17,19-20,33-34H,6-9,12,15,18,21-24,26-32H2,1-5H3,(H,37,39)/b11-10-,14-13-,17-16-,20-19-. The minimum atomic E-state index is -1.25. The normalized spacial score (nSPS) is 13.1. The topological polar surface area (TPSA) is 93.0 Å². The van der Waals surface area contributed by atoms with Crippen molar-refractivity contribution in [1.82, 2.24) is 9.99 Å². The van der Waals surface area contributed by atoms with Gasteiger partial charge >= 0.3 is 0 Å². The maximum absolute atomic E-state index is 12.0. The molecule has 9 heteroatoms. The van der Waals surface area contributed by atoms with Crippen LogP contribution in [-0.2, 0) is 23.3 Å². The molecule has 252 valence electrons. The Labute approximate surface area is 270 Å². The molecule has 1 unspecified atom stereocenters. The van der Waals surface area contributed by atoms with Crippen LogP contribution in [0.15, 0.2) is 48.6 Å². The number of unbranched alkanes of at least 4 members (excludes halogenated alkanes) is 4. The summed E-state index contributed by atoms with van der Waals surface area (Å²) in [5.74, 6) is 0.0585. The Kier molecular flexibility index (Phi) is 31.2. The van der Waals surface area contributed by atoms with Gasteiger partial charge in [0.25, 0.3) is 8.53 Å². The van der Waals surface area contributed by atoms with E-state index in [1.54, 1.807) is 0 Å². The Morgan fingerprint density at radius 1 is 0.750 bits per heavy atom. The lowest BCUT2D eigenvalue weighted by Crippen LogP contribution is -2.34. The quantitative estimate of drug-likeness (QED) is 0.0480. The van der Waals surface area contributed by atoms with Crippen molar-refractivity contribution in [2.45, 2.75) is 117 Å². The van der Waals surface area contributed by atoms with Crippen LogP contribution >= 0.6 is 8.53 Å². The van der Waals surface area contributed by atoms with E-state index in [2.05, 4.69) is 99.3 Å². The van der Waals surface area contributed by atoms with Gasteiger partial charge in [0.1, 0.15) is 0 Å². The van der Waals surface area contributed by atoms with Crippen molar-refractivity contribution in [2.24, 2.45) is 0 Å². The maximum atomic E-state index is 12.0. The van der Waals surface area contributed by atoms with E-state index in [-0.39, 0.29) is 18.0 Å². The third-order valence-electron chi connectivity index (χ3n) is 6.26. The number of nitrogens with zero attached hydrogens (tertiary/aromatic N) is 2. The van der Waals surface area contributed by atoms with Crippen molar-refractivity contribution in [3.8, 4) is 6.07 Å². The highest BCUT2D eigenvalue weighted by Gasteiger charge is 2.26. The van der Waals surface area contributed by atoms with Gasteiger partial charge < -0.3 is 23.8 Å². The van der Waals surface area contributed by atoms with Crippen molar-refractivity contribution in [2.75, 3.05) is 46.2 Å². The van der Waals surface area contributed by atoms with Gasteiger partial charge in [-0.05, 0) is 72.6 Å². The second-order valence-electron chi connectivity index (χ2n) is 10.9. The number of carbonyl (C=O) groups is 1. The van der Waals surface area contributed by atoms with E-state index in [1.165, 1.54) is 25.7 Å². The van der Waals surface area contributed by atoms with E-state index in [0.29, 0.717) is 59.0 Å². The highest BCUT2D eigenvalue weighted by molar-refractivity contribution is 7.44. The van der Waals surface area contributed by atoms with Crippen LogP contribution in [0.3, 0.4) is 0 Å². The second-order valence-corrected chi connectivity index (χ2v) is 12.4. The molecule has 0 radical (unpaired) electrons. The van der Waals surface area contributed by atoms with Gasteiger partial charge in [-0.3, -0.25) is 4.79 Å². The predicted molar refractivity (Wildman–Crippen MR) is 184 cm³/mol. The van der Waals surface area contributed by atoms with Gasteiger partial charge in [0, 0.05) is 25.0 Å². The Morgan fingerprint density at radius 3 is 1.84 bits per heavy atom. The number of allylic oxidation sites excluding steroid dienone is 8. The number of rotatable bonds is 30. The molecule has 0 aliphatic heterocycles. The average Bonchev–Trinajstić information content (AvgIpc) is 2.99. The lowest BCUT2D eigenvalue weighted by molar-refractivity contribution is -0.121. The molecular formula is C35H62N3O5P. The summed E-state index contributed by atoms with van der Waals surface area (Å²) in [5.41, 5.74) is 0. The lowest BCUT2D eigenvalue weighted by Gasteiger charge is -2.35. The summed E-state index contributed by atoms with van der Waals surface area (Å²) >= 11 is 0. The number of carbonyl (C=O) groups excluding carboxylic acids is 1. The van der Waals surface area contributed by atoms with Crippen LogP contribution in [-0.4, -0.2) is 68.8 Å². The third kappa shape index (κ3) is 27.7. The Hall–Kier alpha value is -1.85. The van der Waals surface area contributed by atoms with Gasteiger partial charge in [-0.15, -0.1) is 0 Å². The number of nitriles is 1. The highest BCUT2D eigenvalue weighted by atomic mass is 31.2. The van der Waals surface area contributed by atoms with Crippen LogP contribution in [0.1, 0.15) is 105 Å². The van der Waals surface area contributed by atoms with Crippen LogP contribution in [0.4, 0.5) is 0 Å². The molecule has 0 aromatic carbocycles. The molecule has 1 N–H and O–H groups in total. The van der Waals surface area contributed by atoms with Gasteiger partial charge in [-0.1, -0.05) is 68.4 Å². The summed E-state index contributed by atoms with van der Waals surface area (Å²) in [6, 6.07) is 2.64. The predicted octanol–water partition coefficient (Wildman–Crippen LogP) is 8.57. The Bertz CT molecular complexity index is 816. The minimum absolute atomic E-state index is 0.0585. The Morgan fingerprint density at radius 2 is 1.27 bits per heavy atom. The first-order valence-electron chi connectivity index (χ1n) is 16.7. The number of nitrogens with one attached hydrogen (secondary N) is 1. The van der Waals surface area contributed by atoms with Crippen LogP contribution in [0.2, 0.25) is 0 Å². The van der Waals surface area contributed by atoms with E-state index in [4.69, 9.17) is 23.8 Å². The zero-order chi connectivity index (χ0) is 32.5. The molecule has 8 nitrogen and oxygen atoms in total. The summed E-state index contributed by atoms with van der Waals surface area (Å²) < 4.78 is 25.2. The van der Waals surface area contributed by atoms with Crippen molar-refractivity contribution >= 4 is 14.4 Å². The number of amides is 1. The van der Waals surface area contributed by atoms with E-state index in [0.717, 1.165) is 32.1 Å². The van der Waals surface area contributed by atoms with Gasteiger partial charge in [0.05, 0.1) is 52.1 Å². The summed E-state index contributed by atoms with van der Waals surface area (Å²) in [7, 11) is -1.25. The van der Waals surface area contributed by atoms with Crippen molar-refractivity contribution < 1.29 is 23.3 Å². The van der Waals surface area contributed by atoms with E-state index in [1.807, 2.05) is 0 Å². The minimum Gasteiger partial charge on any atom is -0.377 e. The molecule has 0 heterocycles. The first kappa shape index (κ1) is 42.1. The van der Waals surface area contributed by atoms with Crippen LogP contribution in [0, 0.1) is 11.3 Å². The Balaban J connectivity index is 3.72. The molecule has 0 fully saturated rings. The zero-order valence-electron chi connectivity index (χ0n) is 28.4.